The molecule has 1 aromatic rings. The first kappa shape index (κ1) is 9.99. The fraction of sp³-hybridized carbons (Fsp3) is 0.400. The molecule has 0 bridgehead atoms. The summed E-state index contributed by atoms with van der Waals surface area (Å²) in [5, 5.41) is 0. The molecule has 3 heteroatoms. The van der Waals surface area contributed by atoms with Crippen LogP contribution in [0.2, 0.25) is 0 Å². The van der Waals surface area contributed by atoms with Gasteiger partial charge in [0.25, 0.3) is 0 Å². The molecule has 1 unspecified atom stereocenters. The molecule has 0 amide bonds. The van der Waals surface area contributed by atoms with Crippen LogP contribution in [0.4, 0.5) is 4.39 Å². The molecular formula is C10H13FO2. The van der Waals surface area contributed by atoms with Crippen molar-refractivity contribution in [2.75, 3.05) is 14.2 Å². The Morgan fingerprint density at radius 3 is 2.54 bits per heavy atom. The van der Waals surface area contributed by atoms with Crippen LogP contribution in [0.5, 0.6) is 5.75 Å². The van der Waals surface area contributed by atoms with Crippen molar-refractivity contribution in [1.29, 1.82) is 0 Å². The average Bonchev–Trinajstić information content (AvgIpc) is 2.16. The zero-order chi connectivity index (χ0) is 9.84. The molecule has 1 aromatic carbocycles. The van der Waals surface area contributed by atoms with E-state index in [2.05, 4.69) is 0 Å². The minimum absolute atomic E-state index is 0.0875. The maximum absolute atomic E-state index is 12.8. The predicted molar refractivity (Wildman–Crippen MR) is 48.4 cm³/mol. The third-order valence-corrected chi connectivity index (χ3v) is 1.99. The van der Waals surface area contributed by atoms with Crippen molar-refractivity contribution in [2.45, 2.75) is 13.0 Å². The smallest absolute Gasteiger partial charge is 0.127 e. The van der Waals surface area contributed by atoms with Crippen LogP contribution in [-0.2, 0) is 4.74 Å². The maximum atomic E-state index is 12.8. The second-order valence-corrected chi connectivity index (χ2v) is 2.76. The summed E-state index contributed by atoms with van der Waals surface area (Å²) in [5.74, 6) is 0.221. The van der Waals surface area contributed by atoms with Crippen molar-refractivity contribution < 1.29 is 13.9 Å². The van der Waals surface area contributed by atoms with E-state index in [0.29, 0.717) is 5.75 Å². The van der Waals surface area contributed by atoms with Crippen LogP contribution < -0.4 is 4.74 Å². The second-order valence-electron chi connectivity index (χ2n) is 2.76. The number of hydrogen-bond donors (Lipinski definition) is 0. The van der Waals surface area contributed by atoms with Gasteiger partial charge in [-0.15, -0.1) is 0 Å². The fourth-order valence-corrected chi connectivity index (χ4v) is 1.15. The molecule has 0 saturated heterocycles. The highest BCUT2D eigenvalue weighted by atomic mass is 19.1. The summed E-state index contributed by atoms with van der Waals surface area (Å²) in [4.78, 5) is 0. The van der Waals surface area contributed by atoms with E-state index in [9.17, 15) is 4.39 Å². The molecule has 0 saturated carbocycles. The van der Waals surface area contributed by atoms with Gasteiger partial charge in [-0.05, 0) is 19.1 Å². The van der Waals surface area contributed by atoms with E-state index in [4.69, 9.17) is 9.47 Å². The molecule has 0 heterocycles. The fourth-order valence-electron chi connectivity index (χ4n) is 1.15. The van der Waals surface area contributed by atoms with Gasteiger partial charge in [0.15, 0.2) is 0 Å². The first-order chi connectivity index (χ1) is 6.19. The molecule has 0 aliphatic carbocycles. The van der Waals surface area contributed by atoms with Crippen molar-refractivity contribution >= 4 is 0 Å². The normalized spacial score (nSPS) is 12.6. The molecule has 0 N–H and O–H groups in total. The third-order valence-electron chi connectivity index (χ3n) is 1.99. The predicted octanol–water partition coefficient (Wildman–Crippen LogP) is 2.54. The van der Waals surface area contributed by atoms with E-state index >= 15 is 0 Å². The van der Waals surface area contributed by atoms with Crippen molar-refractivity contribution in [3.63, 3.8) is 0 Å². The van der Waals surface area contributed by atoms with Gasteiger partial charge in [-0.3, -0.25) is 0 Å². The molecular weight excluding hydrogens is 171 g/mol. The van der Waals surface area contributed by atoms with E-state index in [1.807, 2.05) is 6.92 Å². The molecule has 0 aromatic heterocycles. The summed E-state index contributed by atoms with van der Waals surface area (Å²) >= 11 is 0. The zero-order valence-electron chi connectivity index (χ0n) is 8.00. The van der Waals surface area contributed by atoms with Gasteiger partial charge in [-0.2, -0.15) is 0 Å². The number of benzene rings is 1. The van der Waals surface area contributed by atoms with E-state index in [0.717, 1.165) is 5.56 Å². The van der Waals surface area contributed by atoms with Gasteiger partial charge in [0.05, 0.1) is 13.2 Å². The van der Waals surface area contributed by atoms with E-state index in [-0.39, 0.29) is 11.9 Å². The number of halogens is 1. The van der Waals surface area contributed by atoms with Gasteiger partial charge in [0.2, 0.25) is 0 Å². The lowest BCUT2D eigenvalue weighted by atomic mass is 10.1. The van der Waals surface area contributed by atoms with E-state index < -0.39 is 0 Å². The average molecular weight is 184 g/mol. The minimum Gasteiger partial charge on any atom is -0.496 e. The van der Waals surface area contributed by atoms with Gasteiger partial charge in [-0.25, -0.2) is 4.39 Å². The summed E-state index contributed by atoms with van der Waals surface area (Å²) in [6, 6.07) is 4.42. The van der Waals surface area contributed by atoms with Crippen molar-refractivity contribution in [3.8, 4) is 5.75 Å². The van der Waals surface area contributed by atoms with Gasteiger partial charge < -0.3 is 9.47 Å². The molecule has 72 valence electrons. The Bertz CT molecular complexity index is 286. The molecule has 2 nitrogen and oxygen atoms in total. The summed E-state index contributed by atoms with van der Waals surface area (Å²) < 4.78 is 22.9. The Hall–Kier alpha value is -1.09. The lowest BCUT2D eigenvalue weighted by molar-refractivity contribution is 0.117. The third kappa shape index (κ3) is 2.18. The first-order valence-corrected chi connectivity index (χ1v) is 4.05. The van der Waals surface area contributed by atoms with E-state index in [1.54, 1.807) is 13.2 Å². The van der Waals surface area contributed by atoms with Crippen LogP contribution in [0.1, 0.15) is 18.6 Å². The lowest BCUT2D eigenvalue weighted by Gasteiger charge is -2.13. The first-order valence-electron chi connectivity index (χ1n) is 4.05. The highest BCUT2D eigenvalue weighted by molar-refractivity contribution is 5.35. The topological polar surface area (TPSA) is 18.5 Å². The number of rotatable bonds is 3. The van der Waals surface area contributed by atoms with Crippen LogP contribution in [0.3, 0.4) is 0 Å². The number of methoxy groups -OCH3 is 2. The Labute approximate surface area is 77.3 Å². The molecule has 0 spiro atoms. The Balaban J connectivity index is 3.05. The molecule has 13 heavy (non-hydrogen) atoms. The van der Waals surface area contributed by atoms with Crippen LogP contribution in [0.15, 0.2) is 18.2 Å². The van der Waals surface area contributed by atoms with E-state index in [1.165, 1.54) is 19.2 Å². The van der Waals surface area contributed by atoms with Crippen molar-refractivity contribution in [1.82, 2.24) is 0 Å². The van der Waals surface area contributed by atoms with Gasteiger partial charge in [0, 0.05) is 18.7 Å². The summed E-state index contributed by atoms with van der Waals surface area (Å²) in [7, 11) is 3.12. The molecule has 1 rings (SSSR count). The molecule has 1 atom stereocenters. The zero-order valence-corrected chi connectivity index (χ0v) is 8.00. The maximum Gasteiger partial charge on any atom is 0.127 e. The largest absolute Gasteiger partial charge is 0.496 e. The van der Waals surface area contributed by atoms with Crippen LogP contribution >= 0.6 is 0 Å². The molecule has 0 fully saturated rings. The number of ether oxygens (including phenoxy) is 2. The lowest BCUT2D eigenvalue weighted by Crippen LogP contribution is -1.99. The van der Waals surface area contributed by atoms with Crippen LogP contribution in [0.25, 0.3) is 0 Å². The Kier molecular flexibility index (Phi) is 3.25. The summed E-state index contributed by atoms with van der Waals surface area (Å²) in [6.45, 7) is 1.88. The number of hydrogen-bond acceptors (Lipinski definition) is 2. The molecule has 0 aliphatic heterocycles. The molecule has 0 aliphatic rings. The summed E-state index contributed by atoms with van der Waals surface area (Å²) in [6.07, 6.45) is -0.0875. The summed E-state index contributed by atoms with van der Waals surface area (Å²) in [5.41, 5.74) is 0.853. The van der Waals surface area contributed by atoms with Crippen LogP contribution in [0, 0.1) is 5.82 Å². The minimum atomic E-state index is -0.302. The van der Waals surface area contributed by atoms with Crippen molar-refractivity contribution in [3.05, 3.63) is 29.6 Å². The Morgan fingerprint density at radius 2 is 2.00 bits per heavy atom. The highest BCUT2D eigenvalue weighted by Gasteiger charge is 2.10. The second kappa shape index (κ2) is 4.23. The standard InChI is InChI=1S/C10H13FO2/c1-7(12-2)9-5-4-8(11)6-10(9)13-3/h4-7H,1-3H3. The Morgan fingerprint density at radius 1 is 1.31 bits per heavy atom. The highest BCUT2D eigenvalue weighted by Crippen LogP contribution is 2.27. The SMILES string of the molecule is COc1cc(F)ccc1C(C)OC. The quantitative estimate of drug-likeness (QED) is 0.718. The van der Waals surface area contributed by atoms with Gasteiger partial charge in [0.1, 0.15) is 11.6 Å². The van der Waals surface area contributed by atoms with Gasteiger partial charge in [-0.1, -0.05) is 0 Å². The van der Waals surface area contributed by atoms with Crippen molar-refractivity contribution in [2.24, 2.45) is 0 Å². The monoisotopic (exact) mass is 184 g/mol. The van der Waals surface area contributed by atoms with Gasteiger partial charge >= 0.3 is 0 Å². The van der Waals surface area contributed by atoms with Crippen LogP contribution in [-0.4, -0.2) is 14.2 Å². The molecule has 0 radical (unpaired) electrons.